The number of ketones is 1. The molecular weight excluding hydrogens is 364 g/mol. The Morgan fingerprint density at radius 3 is 2.55 bits per heavy atom. The molecule has 4 saturated carbocycles. The van der Waals surface area contributed by atoms with E-state index in [0.29, 0.717) is 42.7 Å². The van der Waals surface area contributed by atoms with Crippen molar-refractivity contribution in [2.45, 2.75) is 90.4 Å². The molecule has 5 fully saturated rings. The van der Waals surface area contributed by atoms with E-state index in [4.69, 9.17) is 9.47 Å². The summed E-state index contributed by atoms with van der Waals surface area (Å²) in [6.45, 7) is 8.26. The van der Waals surface area contributed by atoms with Gasteiger partial charge in [0.05, 0.1) is 18.8 Å². The molecule has 7 atom stereocenters. The zero-order valence-corrected chi connectivity index (χ0v) is 18.4. The molecule has 0 amide bonds. The lowest BCUT2D eigenvalue weighted by Gasteiger charge is -2.63. The quantitative estimate of drug-likeness (QED) is 0.683. The lowest BCUT2D eigenvalue weighted by atomic mass is 9.43. The lowest BCUT2D eigenvalue weighted by molar-refractivity contribution is -0.202. The maximum Gasteiger partial charge on any atom is 0.179 e. The summed E-state index contributed by atoms with van der Waals surface area (Å²) in [5.41, 5.74) is 0.761. The number of carbonyl (C=O) groups excluding carboxylic acids is 1. The highest BCUT2D eigenvalue weighted by atomic mass is 16.7. The fourth-order valence-electron chi connectivity index (χ4n) is 8.34. The van der Waals surface area contributed by atoms with Gasteiger partial charge in [0.2, 0.25) is 0 Å². The average molecular weight is 403 g/mol. The third kappa shape index (κ3) is 2.85. The van der Waals surface area contributed by atoms with Crippen LogP contribution < -0.4 is 0 Å². The summed E-state index contributed by atoms with van der Waals surface area (Å²) in [6, 6.07) is 0. The predicted octanol–water partition coefficient (Wildman–Crippen LogP) is 4.65. The largest absolute Gasteiger partial charge is 0.389 e. The van der Waals surface area contributed by atoms with E-state index in [0.717, 1.165) is 51.4 Å². The summed E-state index contributed by atoms with van der Waals surface area (Å²) in [4.78, 5) is 12.1. The van der Waals surface area contributed by atoms with Crippen molar-refractivity contribution in [1.29, 1.82) is 0 Å². The molecule has 0 aromatic heterocycles. The second-order valence-electron chi connectivity index (χ2n) is 11.2. The van der Waals surface area contributed by atoms with Crippen molar-refractivity contribution in [2.24, 2.45) is 34.5 Å². The third-order valence-electron chi connectivity index (χ3n) is 10.2. The van der Waals surface area contributed by atoms with Crippen molar-refractivity contribution in [1.82, 2.24) is 0 Å². The molecular formula is C25H38O4. The summed E-state index contributed by atoms with van der Waals surface area (Å²) in [6.07, 6.45) is 11.2. The second-order valence-corrected chi connectivity index (χ2v) is 11.2. The molecule has 0 radical (unpaired) electrons. The number of Topliss-reactive ketones (excluding diaryl/α,β-unsaturated/α-hetero) is 1. The maximum absolute atomic E-state index is 12.2. The first-order valence-corrected chi connectivity index (χ1v) is 11.9. The normalized spacial score (nSPS) is 50.9. The van der Waals surface area contributed by atoms with Crippen molar-refractivity contribution in [3.63, 3.8) is 0 Å². The van der Waals surface area contributed by atoms with Crippen LogP contribution in [0, 0.1) is 34.5 Å². The van der Waals surface area contributed by atoms with Crippen LogP contribution >= 0.6 is 0 Å². The molecule has 1 aliphatic heterocycles. The minimum absolute atomic E-state index is 0.0677. The van der Waals surface area contributed by atoms with E-state index < -0.39 is 5.60 Å². The number of allylic oxidation sites excluding steroid dienone is 1. The zero-order chi connectivity index (χ0) is 20.4. The first kappa shape index (κ1) is 20.2. The van der Waals surface area contributed by atoms with Crippen LogP contribution in [0.25, 0.3) is 0 Å². The van der Waals surface area contributed by atoms with Gasteiger partial charge in [0.15, 0.2) is 6.29 Å². The number of fused-ring (bicyclic) bond motifs is 5. The number of hydrogen-bond donors (Lipinski definition) is 1. The number of hydrogen-bond acceptors (Lipinski definition) is 4. The summed E-state index contributed by atoms with van der Waals surface area (Å²) in [5, 5.41) is 12.2. The lowest BCUT2D eigenvalue weighted by Crippen LogP contribution is -2.62. The average Bonchev–Trinajstić information content (AvgIpc) is 3.31. The molecule has 1 unspecified atom stereocenters. The van der Waals surface area contributed by atoms with Crippen LogP contribution in [0.3, 0.4) is 0 Å². The van der Waals surface area contributed by atoms with Crippen molar-refractivity contribution in [3.05, 3.63) is 11.6 Å². The molecule has 4 nitrogen and oxygen atoms in total. The minimum atomic E-state index is -0.579. The fraction of sp³-hybridized carbons (Fsp3) is 0.880. The van der Waals surface area contributed by atoms with Crippen LogP contribution in [0.5, 0.6) is 0 Å². The monoisotopic (exact) mass is 402 g/mol. The highest BCUT2D eigenvalue weighted by molar-refractivity contribution is 5.79. The molecule has 0 bridgehead atoms. The summed E-state index contributed by atoms with van der Waals surface area (Å²) in [5.74, 6) is 2.34. The summed E-state index contributed by atoms with van der Waals surface area (Å²) >= 11 is 0. The Hall–Kier alpha value is -0.710. The Morgan fingerprint density at radius 1 is 1.03 bits per heavy atom. The molecule has 5 aliphatic rings. The molecule has 1 N–H and O–H groups in total. The van der Waals surface area contributed by atoms with Gasteiger partial charge in [-0.05, 0) is 86.5 Å². The topological polar surface area (TPSA) is 55.8 Å². The fourth-order valence-corrected chi connectivity index (χ4v) is 8.34. The van der Waals surface area contributed by atoms with Gasteiger partial charge < -0.3 is 14.6 Å². The molecule has 1 heterocycles. The van der Waals surface area contributed by atoms with E-state index in [1.165, 1.54) is 12.0 Å². The van der Waals surface area contributed by atoms with E-state index in [2.05, 4.69) is 26.8 Å². The van der Waals surface area contributed by atoms with Crippen LogP contribution in [0.4, 0.5) is 0 Å². The van der Waals surface area contributed by atoms with Gasteiger partial charge in [-0.3, -0.25) is 4.79 Å². The van der Waals surface area contributed by atoms with Gasteiger partial charge in [-0.15, -0.1) is 0 Å². The van der Waals surface area contributed by atoms with Crippen LogP contribution in [0.1, 0.15) is 78.6 Å². The molecule has 5 rings (SSSR count). The summed E-state index contributed by atoms with van der Waals surface area (Å²) < 4.78 is 11.4. The standard InChI is InChI=1S/C25H38O4/c1-16(22-28-12-13-29-22)14-18-6-11-25(27)21-5-4-17-15-19(26)7-9-23(17,2)20(21)8-10-24(18,25)3/h14,17-18,20-22,27H,4-13,15H2,1-3H3/b16-14-/t17?,18-,20+,21-,23+,24-,25-/m1/s1. The van der Waals surface area contributed by atoms with Crippen LogP contribution in [0.2, 0.25) is 0 Å². The van der Waals surface area contributed by atoms with Gasteiger partial charge in [-0.2, -0.15) is 0 Å². The van der Waals surface area contributed by atoms with E-state index >= 15 is 0 Å². The Balaban J connectivity index is 1.42. The SMILES string of the molecule is C/C(=C/[C@H]1CC[C@@]2(O)[C@@H]3CCC4CC(=O)CC[C@]4(C)[C@H]3CC[C@]12C)C1OCCO1. The van der Waals surface area contributed by atoms with Gasteiger partial charge in [0.1, 0.15) is 5.78 Å². The first-order chi connectivity index (χ1) is 13.8. The van der Waals surface area contributed by atoms with E-state index in [-0.39, 0.29) is 17.1 Å². The molecule has 1 saturated heterocycles. The number of aliphatic hydroxyl groups is 1. The van der Waals surface area contributed by atoms with Gasteiger partial charge in [0, 0.05) is 18.3 Å². The van der Waals surface area contributed by atoms with Gasteiger partial charge in [-0.25, -0.2) is 0 Å². The second kappa shape index (κ2) is 6.90. The van der Waals surface area contributed by atoms with E-state index in [1.54, 1.807) is 0 Å². The van der Waals surface area contributed by atoms with Crippen molar-refractivity contribution < 1.29 is 19.4 Å². The summed E-state index contributed by atoms with van der Waals surface area (Å²) in [7, 11) is 0. The smallest absolute Gasteiger partial charge is 0.179 e. The highest BCUT2D eigenvalue weighted by Gasteiger charge is 2.66. The Labute approximate surface area is 175 Å². The van der Waals surface area contributed by atoms with Crippen LogP contribution in [-0.2, 0) is 14.3 Å². The Bertz CT molecular complexity index is 710. The first-order valence-electron chi connectivity index (χ1n) is 11.9. The number of rotatable bonds is 2. The van der Waals surface area contributed by atoms with Gasteiger partial charge in [-0.1, -0.05) is 19.9 Å². The maximum atomic E-state index is 12.2. The number of ether oxygens (including phenoxy) is 2. The van der Waals surface area contributed by atoms with Gasteiger partial charge >= 0.3 is 0 Å². The minimum Gasteiger partial charge on any atom is -0.389 e. The molecule has 29 heavy (non-hydrogen) atoms. The Morgan fingerprint density at radius 2 is 1.79 bits per heavy atom. The van der Waals surface area contributed by atoms with E-state index in [9.17, 15) is 9.90 Å². The molecule has 4 aliphatic carbocycles. The number of carbonyl (C=O) groups is 1. The molecule has 4 heteroatoms. The third-order valence-corrected chi connectivity index (χ3v) is 10.2. The molecule has 0 aromatic rings. The molecule has 162 valence electrons. The Kier molecular flexibility index (Phi) is 4.81. The van der Waals surface area contributed by atoms with Crippen molar-refractivity contribution in [3.8, 4) is 0 Å². The van der Waals surface area contributed by atoms with E-state index in [1.807, 2.05) is 0 Å². The van der Waals surface area contributed by atoms with Crippen LogP contribution in [-0.4, -0.2) is 36.0 Å². The van der Waals surface area contributed by atoms with Crippen LogP contribution in [0.15, 0.2) is 11.6 Å². The van der Waals surface area contributed by atoms with Crippen molar-refractivity contribution >= 4 is 5.78 Å². The predicted molar refractivity (Wildman–Crippen MR) is 111 cm³/mol. The zero-order valence-electron chi connectivity index (χ0n) is 18.4. The molecule has 0 spiro atoms. The molecule has 0 aromatic carbocycles. The van der Waals surface area contributed by atoms with Crippen molar-refractivity contribution in [2.75, 3.05) is 13.2 Å². The van der Waals surface area contributed by atoms with Gasteiger partial charge in [0.25, 0.3) is 0 Å². The highest BCUT2D eigenvalue weighted by Crippen LogP contribution is 2.69.